The topological polar surface area (TPSA) is 353 Å². The van der Waals surface area contributed by atoms with Gasteiger partial charge in [-0.05, 0) is 184 Å². The largest absolute Gasteiger partial charge is 0.569 e. The fraction of sp³-hybridized carbons (Fsp3) is 0.217. The summed E-state index contributed by atoms with van der Waals surface area (Å²) in [6.07, 6.45) is 8.69. The number of carbonyl (C=O) groups is 3. The number of nitrogens with zero attached hydrogens (tertiary/aromatic N) is 9. The van der Waals surface area contributed by atoms with Crippen molar-refractivity contribution in [2.75, 3.05) is 48.4 Å². The zero-order valence-electron chi connectivity index (χ0n) is 71.6. The second kappa shape index (κ2) is 43.2. The van der Waals surface area contributed by atoms with Crippen LogP contribution < -0.4 is 69.3 Å². The molecule has 0 bridgehead atoms. The minimum Gasteiger partial charge on any atom is -0.537 e. The second-order valence-electron chi connectivity index (χ2n) is 28.7. The van der Waals surface area contributed by atoms with Crippen molar-refractivity contribution in [2.45, 2.75) is 93.3 Å². The van der Waals surface area contributed by atoms with E-state index in [-0.39, 0.29) is 105 Å². The molecule has 14 aromatic rings. The number of Topliss-reactive ketones (excluding diaryl/α,β-unsaturated/α-hetero) is 2. The fourth-order valence-electron chi connectivity index (χ4n) is 12.9. The van der Waals surface area contributed by atoms with Crippen LogP contribution in [0.25, 0.3) is 44.2 Å². The van der Waals surface area contributed by atoms with Gasteiger partial charge < -0.3 is 76.9 Å². The molecule has 28 nitrogen and oxygen atoms in total. The van der Waals surface area contributed by atoms with Gasteiger partial charge in [-0.1, -0.05) is 24.3 Å². The number of anilines is 1. The number of aromatic carboxylic acids is 1. The summed E-state index contributed by atoms with van der Waals surface area (Å²) in [7, 11) is 9.42. The van der Waals surface area contributed by atoms with Gasteiger partial charge >= 0.3 is 13.7 Å². The van der Waals surface area contributed by atoms with E-state index in [1.54, 1.807) is 85.4 Å². The minimum atomic E-state index is -1.20. The van der Waals surface area contributed by atoms with Crippen LogP contribution in [0.1, 0.15) is 119 Å². The maximum Gasteiger partial charge on any atom is 0.569 e. The fourth-order valence-corrected chi connectivity index (χ4v) is 13.8. The van der Waals surface area contributed by atoms with Gasteiger partial charge in [-0.3, -0.25) is 38.9 Å². The number of hydrogen-bond donors (Lipinski definition) is 3. The van der Waals surface area contributed by atoms with Gasteiger partial charge in [0.05, 0.1) is 79.3 Å². The van der Waals surface area contributed by atoms with Gasteiger partial charge in [-0.15, -0.1) is 0 Å². The first-order valence-electron chi connectivity index (χ1n) is 38.9. The predicted molar refractivity (Wildman–Crippen MR) is 478 cm³/mol. The SMILES string of the molecule is COc1cc2nccc(Oc3ccc(CC(=O)c4cn(C(C)C)c(C)c(-c5ccc(F)cc5)c4=O)cc3F)c2nc1OC.COc1cc2nccc(Oc3ccc(CC(=O)c4cn(C(C)C)c(C)c(Br)c4=O)cc3F)c2nc1OC.COc1cc2nccc(Oc3ccc(N)cc3F)c2nc1OC.Cc1c(Br)c(=O)c(C(=O)O)cn1C(C)C.O[B]Oc1ccc(F)cc1. The van der Waals surface area contributed by atoms with Gasteiger partial charge in [-0.25, -0.2) is 41.7 Å². The highest BCUT2D eigenvalue weighted by Crippen LogP contribution is 2.40. The van der Waals surface area contributed by atoms with E-state index in [4.69, 9.17) is 58.5 Å². The summed E-state index contributed by atoms with van der Waals surface area (Å²) < 4.78 is 129. The molecule has 36 heteroatoms. The molecule has 0 saturated carbocycles. The molecule has 0 aliphatic heterocycles. The summed E-state index contributed by atoms with van der Waals surface area (Å²) in [5.41, 5.74) is 10.7. The molecule has 128 heavy (non-hydrogen) atoms. The van der Waals surface area contributed by atoms with E-state index in [1.165, 1.54) is 152 Å². The van der Waals surface area contributed by atoms with Gasteiger partial charge in [0, 0.05) is 139 Å². The normalized spacial score (nSPS) is 10.8. The molecule has 0 unspecified atom stereocenters. The summed E-state index contributed by atoms with van der Waals surface area (Å²) in [6, 6.07) is 33.3. The van der Waals surface area contributed by atoms with Crippen LogP contribution in [0.15, 0.2) is 200 Å². The van der Waals surface area contributed by atoms with Crippen molar-refractivity contribution < 1.29 is 93.8 Å². The quantitative estimate of drug-likeness (QED) is 0.0207. The molecule has 5 aromatic carbocycles. The summed E-state index contributed by atoms with van der Waals surface area (Å²) in [5.74, 6) is -1.60. The Morgan fingerprint density at radius 1 is 0.430 bits per heavy atom. The minimum absolute atomic E-state index is 0.0296. The molecule has 0 aliphatic rings. The van der Waals surface area contributed by atoms with Crippen LogP contribution >= 0.6 is 31.9 Å². The lowest BCUT2D eigenvalue weighted by Crippen LogP contribution is -2.24. The van der Waals surface area contributed by atoms with Crippen molar-refractivity contribution in [3.05, 3.63) is 290 Å². The molecular weight excluding hydrogens is 1800 g/mol. The number of carbonyl (C=O) groups excluding carboxylic acids is 2. The number of pyridine rings is 9. The lowest BCUT2D eigenvalue weighted by atomic mass is 9.97. The number of carboxylic acids is 1. The number of rotatable bonds is 25. The lowest BCUT2D eigenvalue weighted by molar-refractivity contribution is 0.0693. The first-order chi connectivity index (χ1) is 61.0. The van der Waals surface area contributed by atoms with E-state index in [0.717, 1.165) is 11.4 Å². The maximum atomic E-state index is 15.3. The van der Waals surface area contributed by atoms with Crippen molar-refractivity contribution >= 4 is 95.9 Å². The smallest absolute Gasteiger partial charge is 0.537 e. The Morgan fingerprint density at radius 2 is 0.773 bits per heavy atom. The third-order valence-corrected chi connectivity index (χ3v) is 21.2. The first kappa shape index (κ1) is 96.1. The zero-order chi connectivity index (χ0) is 93.2. The number of halogens is 7. The molecule has 663 valence electrons. The van der Waals surface area contributed by atoms with E-state index in [9.17, 15) is 41.9 Å². The Balaban J connectivity index is 0.000000180. The molecule has 0 amide bonds. The molecule has 9 heterocycles. The van der Waals surface area contributed by atoms with Gasteiger partial charge in [0.2, 0.25) is 10.9 Å². The highest BCUT2D eigenvalue weighted by atomic mass is 79.9. The third-order valence-electron chi connectivity index (χ3n) is 19.4. The lowest BCUT2D eigenvalue weighted by Gasteiger charge is -2.20. The highest BCUT2D eigenvalue weighted by molar-refractivity contribution is 9.10. The van der Waals surface area contributed by atoms with E-state index >= 15 is 8.78 Å². The van der Waals surface area contributed by atoms with Crippen LogP contribution in [0, 0.1) is 49.9 Å². The van der Waals surface area contributed by atoms with Crippen molar-refractivity contribution in [2.24, 2.45) is 0 Å². The van der Waals surface area contributed by atoms with Crippen LogP contribution in [0.5, 0.6) is 75.1 Å². The van der Waals surface area contributed by atoms with Gasteiger partial charge in [0.15, 0.2) is 86.2 Å². The molecule has 0 saturated heterocycles. The Hall–Kier alpha value is -14.1. The van der Waals surface area contributed by atoms with Crippen molar-refractivity contribution in [1.82, 2.24) is 43.6 Å². The average molecular weight is 1880 g/mol. The van der Waals surface area contributed by atoms with E-state index < -0.39 is 51.7 Å². The number of hydrogen-bond acceptors (Lipinski definition) is 24. The standard InChI is InChI=1S/C33H29F2N3O5.C27H25BrFN3O5.C16H14FN3O3.C10H12BrNO3.C6H5BFO2/c1-18(2)38-17-23(32(40)30(19(38)3)21-7-9-22(34)10-8-21)26(39)15-20-6-11-27(24(35)14-20)43-28-12-13-36-25-16-29(41-4)33(42-5)37-31(25)28;1-14(2)32-13-17(26(34)24(28)15(32)3)20(33)11-16-6-7-21(18(29)10-16)37-22-8-9-30-19-12-23(35-4)27(36-5)31-25(19)22;1-21-14-8-11-15(20-16(14)22-2)13(5-6-19-11)23-12-4-3-9(18)7-10(12)17;1-5(2)12-4-7(10(14)15)9(13)8(11)6(12)3;8-5-1-3-6(4-2-5)10-7-9/h6-14,16-18H,15H2,1-5H3;6-10,12-14H,11H2,1-5H3;3-8H,18H2,1-2H3;4-5H,1-3H3,(H,14,15);1-4,9H. The maximum absolute atomic E-state index is 15.3. The third kappa shape index (κ3) is 22.7. The van der Waals surface area contributed by atoms with Gasteiger partial charge in [0.1, 0.15) is 39.5 Å². The Morgan fingerprint density at radius 3 is 1.12 bits per heavy atom. The molecule has 0 atom stereocenters. The summed E-state index contributed by atoms with van der Waals surface area (Å²) >= 11 is 6.42. The molecule has 0 spiro atoms. The molecule has 0 fully saturated rings. The van der Waals surface area contributed by atoms with Crippen LogP contribution in [0.2, 0.25) is 0 Å². The Kier molecular flexibility index (Phi) is 32.4. The van der Waals surface area contributed by atoms with Gasteiger partial charge in [0.25, 0.3) is 17.6 Å². The molecule has 14 rings (SSSR count). The average Bonchev–Trinajstić information content (AvgIpc) is 0.759. The first-order valence-corrected chi connectivity index (χ1v) is 40.4. The summed E-state index contributed by atoms with van der Waals surface area (Å²) in [4.78, 5) is 101. The number of ketones is 2. The van der Waals surface area contributed by atoms with Crippen molar-refractivity contribution in [1.29, 1.82) is 0 Å². The number of carboxylic acid groups (broad SMARTS) is 1. The molecule has 4 N–H and O–H groups in total. The number of methoxy groups -OCH3 is 6. The summed E-state index contributed by atoms with van der Waals surface area (Å²) in [6.45, 7) is 17.0. The van der Waals surface area contributed by atoms with Crippen molar-refractivity contribution in [3.63, 3.8) is 0 Å². The molecule has 9 aromatic heterocycles. The van der Waals surface area contributed by atoms with Gasteiger partial charge in [-0.2, -0.15) is 0 Å². The molecule has 1 radical (unpaired) electrons. The number of fused-ring (bicyclic) bond motifs is 3. The van der Waals surface area contributed by atoms with Crippen LogP contribution in [0.4, 0.5) is 27.6 Å². The Bertz CT molecular complexity index is 6670. The monoisotopic (exact) mass is 1880 g/mol. The van der Waals surface area contributed by atoms with Crippen LogP contribution in [-0.4, -0.2) is 122 Å². The highest BCUT2D eigenvalue weighted by Gasteiger charge is 2.26. The summed E-state index contributed by atoms with van der Waals surface area (Å²) in [5, 5.41) is 17.0. The van der Waals surface area contributed by atoms with Crippen molar-refractivity contribution in [3.8, 4) is 86.3 Å². The predicted octanol–water partition coefficient (Wildman–Crippen LogP) is 18.8. The second-order valence-corrected chi connectivity index (χ2v) is 30.3. The van der Waals surface area contributed by atoms with E-state index in [2.05, 4.69) is 66.4 Å². The molecular formula is C92H85BBr2F5N10O18. The molecule has 0 aliphatic carbocycles. The van der Waals surface area contributed by atoms with Crippen LogP contribution in [-0.2, 0) is 12.8 Å². The number of ether oxygens (including phenoxy) is 9. The van der Waals surface area contributed by atoms with E-state index in [0.29, 0.717) is 112 Å². The van der Waals surface area contributed by atoms with E-state index in [1.807, 2.05) is 57.6 Å². The number of nitrogens with two attached hydrogens (primary N) is 1. The number of nitrogen functional groups attached to an aromatic ring is 1. The zero-order valence-corrected chi connectivity index (χ0v) is 74.8. The Labute approximate surface area is 747 Å². The van der Waals surface area contributed by atoms with Crippen LogP contribution in [0.3, 0.4) is 0 Å². The number of aromatic nitrogens is 9. The number of benzene rings is 5.